The molecule has 1 amide bonds. The van der Waals surface area contributed by atoms with Gasteiger partial charge in [-0.2, -0.15) is 0 Å². The number of amides is 1. The molecule has 1 saturated heterocycles. The van der Waals surface area contributed by atoms with Gasteiger partial charge in [-0.15, -0.1) is 0 Å². The van der Waals surface area contributed by atoms with E-state index in [1.807, 2.05) is 4.90 Å². The van der Waals surface area contributed by atoms with Crippen LogP contribution in [0.3, 0.4) is 0 Å². The van der Waals surface area contributed by atoms with Crippen LogP contribution in [0.2, 0.25) is 0 Å². The predicted octanol–water partition coefficient (Wildman–Crippen LogP) is 1.68. The van der Waals surface area contributed by atoms with Gasteiger partial charge in [-0.3, -0.25) is 9.59 Å². The lowest BCUT2D eigenvalue weighted by Crippen LogP contribution is -2.44. The summed E-state index contributed by atoms with van der Waals surface area (Å²) in [6.07, 6.45) is 5.12. The molecule has 5 nitrogen and oxygen atoms in total. The van der Waals surface area contributed by atoms with Crippen LogP contribution in [0.1, 0.15) is 38.5 Å². The number of hydrogen-bond donors (Lipinski definition) is 1. The molecule has 1 N–H and O–H groups in total. The Balaban J connectivity index is 1.82. The zero-order valence-corrected chi connectivity index (χ0v) is 13.3. The first-order valence-corrected chi connectivity index (χ1v) is 8.13. The maximum Gasteiger partial charge on any atom is 0.306 e. The van der Waals surface area contributed by atoms with Gasteiger partial charge in [-0.25, -0.2) is 0 Å². The highest BCUT2D eigenvalue weighted by atomic mass is 16.4. The molecule has 1 saturated carbocycles. The Hall–Kier alpha value is -1.10. The van der Waals surface area contributed by atoms with Crippen molar-refractivity contribution in [2.24, 2.45) is 17.8 Å². The molecule has 0 aromatic carbocycles. The highest BCUT2D eigenvalue weighted by Crippen LogP contribution is 2.31. The number of piperidine rings is 1. The Morgan fingerprint density at radius 1 is 1.10 bits per heavy atom. The molecule has 2 atom stereocenters. The van der Waals surface area contributed by atoms with Crippen LogP contribution in [0, 0.1) is 17.8 Å². The van der Waals surface area contributed by atoms with Gasteiger partial charge in [0, 0.05) is 25.6 Å². The van der Waals surface area contributed by atoms with Gasteiger partial charge in [0.15, 0.2) is 0 Å². The van der Waals surface area contributed by atoms with Crippen LogP contribution in [-0.4, -0.2) is 60.5 Å². The van der Waals surface area contributed by atoms with Crippen molar-refractivity contribution in [1.82, 2.24) is 9.80 Å². The van der Waals surface area contributed by atoms with Gasteiger partial charge in [0.25, 0.3) is 0 Å². The molecule has 0 spiro atoms. The Morgan fingerprint density at radius 2 is 1.71 bits per heavy atom. The number of likely N-dealkylation sites (tertiary alicyclic amines) is 1. The predicted molar refractivity (Wildman–Crippen MR) is 80.9 cm³/mol. The molecular weight excluding hydrogens is 268 g/mol. The average Bonchev–Trinajstić information content (AvgIpc) is 2.47. The monoisotopic (exact) mass is 296 g/mol. The second-order valence-electron chi connectivity index (χ2n) is 6.93. The molecule has 0 aromatic rings. The smallest absolute Gasteiger partial charge is 0.306 e. The molecule has 120 valence electrons. The van der Waals surface area contributed by atoms with E-state index in [2.05, 4.69) is 19.0 Å². The zero-order valence-electron chi connectivity index (χ0n) is 13.3. The van der Waals surface area contributed by atoms with Crippen LogP contribution in [0.15, 0.2) is 0 Å². The summed E-state index contributed by atoms with van der Waals surface area (Å²) in [7, 11) is 4.18. The molecule has 2 fully saturated rings. The fourth-order valence-corrected chi connectivity index (χ4v) is 3.75. The molecular formula is C16H28N2O3. The zero-order chi connectivity index (χ0) is 15.4. The molecule has 21 heavy (non-hydrogen) atoms. The van der Waals surface area contributed by atoms with Crippen molar-refractivity contribution in [3.8, 4) is 0 Å². The van der Waals surface area contributed by atoms with Crippen LogP contribution in [-0.2, 0) is 9.59 Å². The number of carbonyl (C=O) groups excluding carboxylic acids is 1. The minimum atomic E-state index is -0.739. The molecule has 1 heterocycles. The van der Waals surface area contributed by atoms with Crippen molar-refractivity contribution < 1.29 is 14.7 Å². The van der Waals surface area contributed by atoms with E-state index in [0.717, 1.165) is 51.7 Å². The standard InChI is InChI=1S/C16H28N2O3/c1-17(2)11-12-6-8-18(9-7-12)15(19)13-4-3-5-14(10-13)16(20)21/h12-14H,3-11H2,1-2H3,(H,20,21). The number of hydrogen-bond acceptors (Lipinski definition) is 3. The van der Waals surface area contributed by atoms with Crippen molar-refractivity contribution in [2.75, 3.05) is 33.7 Å². The second-order valence-corrected chi connectivity index (χ2v) is 6.93. The summed E-state index contributed by atoms with van der Waals surface area (Å²) in [4.78, 5) is 27.9. The average molecular weight is 296 g/mol. The van der Waals surface area contributed by atoms with Crippen LogP contribution in [0.5, 0.6) is 0 Å². The maximum absolute atomic E-state index is 12.6. The van der Waals surface area contributed by atoms with E-state index in [1.165, 1.54) is 0 Å². The third-order valence-electron chi connectivity index (χ3n) is 4.92. The van der Waals surface area contributed by atoms with E-state index in [0.29, 0.717) is 12.3 Å². The summed E-state index contributed by atoms with van der Waals surface area (Å²) in [5.74, 6) is -0.243. The van der Waals surface area contributed by atoms with Gasteiger partial charge in [0.05, 0.1) is 5.92 Å². The molecule has 0 aromatic heterocycles. The lowest BCUT2D eigenvalue weighted by atomic mass is 9.80. The lowest BCUT2D eigenvalue weighted by Gasteiger charge is -2.36. The Morgan fingerprint density at radius 3 is 2.29 bits per heavy atom. The first-order valence-electron chi connectivity index (χ1n) is 8.13. The van der Waals surface area contributed by atoms with Crippen LogP contribution < -0.4 is 0 Å². The first-order chi connectivity index (χ1) is 9.97. The van der Waals surface area contributed by atoms with Gasteiger partial charge < -0.3 is 14.9 Å². The Labute approximate surface area is 127 Å². The highest BCUT2D eigenvalue weighted by molar-refractivity contribution is 5.80. The maximum atomic E-state index is 12.6. The molecule has 2 aliphatic rings. The van der Waals surface area contributed by atoms with Crippen molar-refractivity contribution in [2.45, 2.75) is 38.5 Å². The van der Waals surface area contributed by atoms with E-state index in [1.54, 1.807) is 0 Å². The summed E-state index contributed by atoms with van der Waals surface area (Å²) in [5.41, 5.74) is 0. The van der Waals surface area contributed by atoms with E-state index in [9.17, 15) is 9.59 Å². The quantitative estimate of drug-likeness (QED) is 0.857. The number of rotatable bonds is 4. The minimum Gasteiger partial charge on any atom is -0.481 e. The SMILES string of the molecule is CN(C)CC1CCN(C(=O)C2CCCC(C(=O)O)C2)CC1. The molecule has 2 rings (SSSR count). The largest absolute Gasteiger partial charge is 0.481 e. The molecule has 0 radical (unpaired) electrons. The summed E-state index contributed by atoms with van der Waals surface area (Å²) in [5, 5.41) is 9.14. The fraction of sp³-hybridized carbons (Fsp3) is 0.875. The van der Waals surface area contributed by atoms with Crippen molar-refractivity contribution >= 4 is 11.9 Å². The van der Waals surface area contributed by atoms with Crippen LogP contribution in [0.4, 0.5) is 0 Å². The van der Waals surface area contributed by atoms with Crippen LogP contribution >= 0.6 is 0 Å². The molecule has 2 unspecified atom stereocenters. The number of carboxylic acids is 1. The second kappa shape index (κ2) is 7.25. The molecule has 5 heteroatoms. The van der Waals surface area contributed by atoms with Gasteiger partial charge in [0.1, 0.15) is 0 Å². The first kappa shape index (κ1) is 16.3. The summed E-state index contributed by atoms with van der Waals surface area (Å²) >= 11 is 0. The number of nitrogens with zero attached hydrogens (tertiary/aromatic N) is 2. The normalized spacial score (nSPS) is 27.9. The van der Waals surface area contributed by atoms with Crippen molar-refractivity contribution in [1.29, 1.82) is 0 Å². The Bertz CT molecular complexity index is 376. The molecule has 0 bridgehead atoms. The number of carboxylic acid groups (broad SMARTS) is 1. The minimum absolute atomic E-state index is 0.0646. The number of aliphatic carboxylic acids is 1. The van der Waals surface area contributed by atoms with E-state index in [4.69, 9.17) is 5.11 Å². The summed E-state index contributed by atoms with van der Waals surface area (Å²) in [6, 6.07) is 0. The van der Waals surface area contributed by atoms with Gasteiger partial charge >= 0.3 is 5.97 Å². The van der Waals surface area contributed by atoms with E-state index >= 15 is 0 Å². The van der Waals surface area contributed by atoms with Gasteiger partial charge in [-0.05, 0) is 52.1 Å². The summed E-state index contributed by atoms with van der Waals surface area (Å²) < 4.78 is 0. The van der Waals surface area contributed by atoms with Gasteiger partial charge in [-0.1, -0.05) is 6.42 Å². The van der Waals surface area contributed by atoms with Crippen molar-refractivity contribution in [3.63, 3.8) is 0 Å². The topological polar surface area (TPSA) is 60.9 Å². The Kier molecular flexibility index (Phi) is 5.62. The van der Waals surface area contributed by atoms with Gasteiger partial charge in [0.2, 0.25) is 5.91 Å². The molecule has 1 aliphatic heterocycles. The fourth-order valence-electron chi connectivity index (χ4n) is 3.75. The van der Waals surface area contributed by atoms with Crippen molar-refractivity contribution in [3.05, 3.63) is 0 Å². The molecule has 1 aliphatic carbocycles. The third-order valence-corrected chi connectivity index (χ3v) is 4.92. The van der Waals surface area contributed by atoms with E-state index in [-0.39, 0.29) is 17.7 Å². The summed E-state index contributed by atoms with van der Waals surface area (Å²) in [6.45, 7) is 2.77. The highest BCUT2D eigenvalue weighted by Gasteiger charge is 2.34. The number of carbonyl (C=O) groups is 2. The van der Waals surface area contributed by atoms with Crippen LogP contribution in [0.25, 0.3) is 0 Å². The van der Waals surface area contributed by atoms with E-state index < -0.39 is 5.97 Å². The lowest BCUT2D eigenvalue weighted by molar-refractivity contribution is -0.145. The third kappa shape index (κ3) is 4.43.